The first kappa shape index (κ1) is 28.1. The van der Waals surface area contributed by atoms with Crippen molar-refractivity contribution in [2.24, 2.45) is 0 Å². The predicted octanol–water partition coefficient (Wildman–Crippen LogP) is 9.91. The van der Waals surface area contributed by atoms with E-state index in [-0.39, 0.29) is 0 Å². The van der Waals surface area contributed by atoms with E-state index in [0.29, 0.717) is 17.3 Å². The van der Waals surface area contributed by atoms with Crippen molar-refractivity contribution in [1.29, 1.82) is 0 Å². The molecule has 0 amide bonds. The van der Waals surface area contributed by atoms with Crippen molar-refractivity contribution in [3.05, 3.63) is 186 Å². The van der Waals surface area contributed by atoms with Gasteiger partial charge in [-0.2, -0.15) is 0 Å². The van der Waals surface area contributed by atoms with Crippen molar-refractivity contribution >= 4 is 44.9 Å². The monoisotopic (exact) mass is 614 g/mol. The zero-order chi connectivity index (χ0) is 31.1. The summed E-state index contributed by atoms with van der Waals surface area (Å²) in [6.07, 6.45) is 0. The summed E-state index contributed by atoms with van der Waals surface area (Å²) in [5.74, 6) is 2.02. The third-order valence-electron chi connectivity index (χ3n) is 8.95. The molecule has 0 fully saturated rings. The Bertz CT molecular complexity index is 2180. The van der Waals surface area contributed by atoms with Crippen LogP contribution >= 0.6 is 7.14 Å². The van der Waals surface area contributed by atoms with E-state index in [1.54, 1.807) is 7.11 Å². The molecule has 0 saturated carbocycles. The molecule has 0 radical (unpaired) electrons. The van der Waals surface area contributed by atoms with Gasteiger partial charge in [-0.1, -0.05) is 140 Å². The number of rotatable bonds is 6. The second kappa shape index (κ2) is 11.5. The minimum Gasteiger partial charge on any atom is -0.497 e. The van der Waals surface area contributed by atoms with Gasteiger partial charge in [0.2, 0.25) is 0 Å². The standard InChI is InChI=1S/C42H31O3P/c1-44-35-24-25-38-39(28-35)45-41(42(38)46(43,36-16-4-2-5-17-36)37-18-6-3-7-19-37)40(33-22-20-29-12-8-10-14-31(29)26-33)34-23-21-30-13-9-11-15-32(30)27-34/h2-28,42H,1H3. The molecule has 0 bridgehead atoms. The Morgan fingerprint density at radius 1 is 0.565 bits per heavy atom. The third-order valence-corrected chi connectivity index (χ3v) is 12.3. The summed E-state index contributed by atoms with van der Waals surface area (Å²) < 4.78 is 28.8. The van der Waals surface area contributed by atoms with E-state index in [9.17, 15) is 0 Å². The van der Waals surface area contributed by atoms with Crippen LogP contribution in [0.5, 0.6) is 11.5 Å². The molecule has 1 aliphatic heterocycles. The number of ether oxygens (including phenoxy) is 2. The van der Waals surface area contributed by atoms with Gasteiger partial charge in [-0.3, -0.25) is 0 Å². The molecular formula is C42H31O3P. The molecule has 0 N–H and O–H groups in total. The molecule has 1 unspecified atom stereocenters. The zero-order valence-corrected chi connectivity index (χ0v) is 26.2. The number of benzene rings is 7. The van der Waals surface area contributed by atoms with Gasteiger partial charge in [0.25, 0.3) is 0 Å². The van der Waals surface area contributed by atoms with Crippen molar-refractivity contribution in [3.8, 4) is 11.5 Å². The lowest BCUT2D eigenvalue weighted by Crippen LogP contribution is -2.22. The van der Waals surface area contributed by atoms with Gasteiger partial charge in [-0.15, -0.1) is 0 Å². The fourth-order valence-electron chi connectivity index (χ4n) is 6.71. The zero-order valence-electron chi connectivity index (χ0n) is 25.3. The highest BCUT2D eigenvalue weighted by Gasteiger charge is 2.47. The quantitative estimate of drug-likeness (QED) is 0.175. The van der Waals surface area contributed by atoms with Crippen LogP contribution in [0.15, 0.2) is 170 Å². The van der Waals surface area contributed by atoms with E-state index in [2.05, 4.69) is 84.9 Å². The SMILES string of the molecule is COc1ccc2c(c1)OC(=C(c1ccc3ccccc3c1)c1ccc3ccccc3c1)C2P(=O)(c1ccccc1)c1ccccc1. The second-order valence-electron chi connectivity index (χ2n) is 11.6. The molecule has 8 rings (SSSR count). The topological polar surface area (TPSA) is 35.5 Å². The molecule has 0 spiro atoms. The molecule has 0 saturated heterocycles. The maximum Gasteiger partial charge on any atom is 0.157 e. The molecule has 0 aliphatic carbocycles. The molecular weight excluding hydrogens is 583 g/mol. The Kier molecular flexibility index (Phi) is 7.05. The fraction of sp³-hybridized carbons (Fsp3) is 0.0476. The average molecular weight is 615 g/mol. The minimum absolute atomic E-state index is 0.578. The van der Waals surface area contributed by atoms with Crippen molar-refractivity contribution in [2.45, 2.75) is 5.66 Å². The van der Waals surface area contributed by atoms with Gasteiger partial charge in [-0.25, -0.2) is 0 Å². The summed E-state index contributed by atoms with van der Waals surface area (Å²) in [7, 11) is -1.75. The molecule has 3 nitrogen and oxygen atoms in total. The third kappa shape index (κ3) is 4.72. The smallest absolute Gasteiger partial charge is 0.157 e. The van der Waals surface area contributed by atoms with E-state index in [4.69, 9.17) is 9.47 Å². The van der Waals surface area contributed by atoms with Gasteiger partial charge in [0, 0.05) is 27.8 Å². The maximum absolute atomic E-state index is 16.2. The lowest BCUT2D eigenvalue weighted by molar-refractivity contribution is 0.406. The summed E-state index contributed by atoms with van der Waals surface area (Å²) in [4.78, 5) is 0. The highest BCUT2D eigenvalue weighted by Crippen LogP contribution is 2.66. The Hall–Kier alpha value is -5.37. The first-order chi connectivity index (χ1) is 22.6. The normalized spacial score (nSPS) is 14.2. The van der Waals surface area contributed by atoms with Crippen LogP contribution in [0.4, 0.5) is 0 Å². The van der Waals surface area contributed by atoms with E-state index in [1.165, 1.54) is 0 Å². The highest BCUT2D eigenvalue weighted by molar-refractivity contribution is 7.79. The Balaban J connectivity index is 1.49. The number of methoxy groups -OCH3 is 1. The van der Waals surface area contributed by atoms with Crippen LogP contribution in [-0.4, -0.2) is 7.11 Å². The largest absolute Gasteiger partial charge is 0.497 e. The Labute approximate surface area is 268 Å². The lowest BCUT2D eigenvalue weighted by atomic mass is 9.92. The summed E-state index contributed by atoms with van der Waals surface area (Å²) in [6, 6.07) is 55.4. The summed E-state index contributed by atoms with van der Waals surface area (Å²) in [6.45, 7) is 0. The number of hydrogen-bond acceptors (Lipinski definition) is 3. The molecule has 7 aromatic rings. The van der Waals surface area contributed by atoms with Gasteiger partial charge < -0.3 is 14.0 Å². The first-order valence-electron chi connectivity index (χ1n) is 15.4. The van der Waals surface area contributed by atoms with E-state index < -0.39 is 12.8 Å². The summed E-state index contributed by atoms with van der Waals surface area (Å²) in [5.41, 5.74) is 3.23. The van der Waals surface area contributed by atoms with Crippen LogP contribution in [0.1, 0.15) is 22.3 Å². The first-order valence-corrected chi connectivity index (χ1v) is 17.2. The van der Waals surface area contributed by atoms with E-state index in [0.717, 1.165) is 54.4 Å². The van der Waals surface area contributed by atoms with Crippen molar-refractivity contribution in [1.82, 2.24) is 0 Å². The van der Waals surface area contributed by atoms with Crippen LogP contribution in [0.2, 0.25) is 0 Å². The van der Waals surface area contributed by atoms with Crippen LogP contribution in [0.3, 0.4) is 0 Å². The second-order valence-corrected chi connectivity index (χ2v) is 14.5. The molecule has 7 aromatic carbocycles. The van der Waals surface area contributed by atoms with Crippen LogP contribution in [0.25, 0.3) is 27.1 Å². The molecule has 1 heterocycles. The fourth-order valence-corrected chi connectivity index (χ4v) is 9.95. The van der Waals surface area contributed by atoms with Gasteiger partial charge in [0.15, 0.2) is 7.14 Å². The average Bonchev–Trinajstić information content (AvgIpc) is 3.50. The van der Waals surface area contributed by atoms with Crippen LogP contribution in [0, 0.1) is 0 Å². The maximum atomic E-state index is 16.2. The number of allylic oxidation sites excluding steroid dienone is 1. The van der Waals surface area contributed by atoms with Gasteiger partial charge in [-0.05, 0) is 50.9 Å². The van der Waals surface area contributed by atoms with E-state index >= 15 is 4.57 Å². The van der Waals surface area contributed by atoms with Crippen molar-refractivity contribution < 1.29 is 14.0 Å². The summed E-state index contributed by atoms with van der Waals surface area (Å²) >= 11 is 0. The van der Waals surface area contributed by atoms with Gasteiger partial charge in [0.05, 0.1) is 7.11 Å². The van der Waals surface area contributed by atoms with Gasteiger partial charge in [0.1, 0.15) is 22.9 Å². The molecule has 46 heavy (non-hydrogen) atoms. The minimum atomic E-state index is -3.40. The Morgan fingerprint density at radius 3 is 1.59 bits per heavy atom. The van der Waals surface area contributed by atoms with E-state index in [1.807, 2.05) is 78.9 Å². The van der Waals surface area contributed by atoms with Crippen molar-refractivity contribution in [2.75, 3.05) is 7.11 Å². The van der Waals surface area contributed by atoms with Crippen molar-refractivity contribution in [3.63, 3.8) is 0 Å². The number of hydrogen-bond donors (Lipinski definition) is 0. The molecule has 1 atom stereocenters. The van der Waals surface area contributed by atoms with Crippen LogP contribution < -0.4 is 20.1 Å². The lowest BCUT2D eigenvalue weighted by Gasteiger charge is -2.28. The highest BCUT2D eigenvalue weighted by atomic mass is 31.2. The molecule has 4 heteroatoms. The Morgan fingerprint density at radius 2 is 1.07 bits per heavy atom. The molecule has 1 aliphatic rings. The predicted molar refractivity (Wildman–Crippen MR) is 190 cm³/mol. The summed E-state index contributed by atoms with van der Waals surface area (Å²) in [5, 5.41) is 6.14. The van der Waals surface area contributed by atoms with Crippen LogP contribution in [-0.2, 0) is 4.57 Å². The number of fused-ring (bicyclic) bond motifs is 3. The molecule has 222 valence electrons. The van der Waals surface area contributed by atoms with Gasteiger partial charge >= 0.3 is 0 Å². The molecule has 0 aromatic heterocycles.